The van der Waals surface area contributed by atoms with E-state index < -0.39 is 0 Å². The molecular formula is C40H27N. The lowest BCUT2D eigenvalue weighted by Crippen LogP contribution is -1.93. The Kier molecular flexibility index (Phi) is 5.53. The van der Waals surface area contributed by atoms with Gasteiger partial charge in [0.1, 0.15) is 0 Å². The first-order valence-electron chi connectivity index (χ1n) is 14.1. The highest BCUT2D eigenvalue weighted by Gasteiger charge is 2.13. The molecule has 0 unspecified atom stereocenters. The maximum Gasteiger partial charge on any atom is 0.0464 e. The van der Waals surface area contributed by atoms with Gasteiger partial charge < -0.3 is 5.32 Å². The lowest BCUT2D eigenvalue weighted by atomic mass is 9.90. The van der Waals surface area contributed by atoms with Gasteiger partial charge in [0, 0.05) is 16.8 Å². The summed E-state index contributed by atoms with van der Waals surface area (Å²) in [7, 11) is 0. The Labute approximate surface area is 239 Å². The van der Waals surface area contributed by atoms with Crippen LogP contribution in [0.1, 0.15) is 0 Å². The number of benzene rings is 8. The van der Waals surface area contributed by atoms with Crippen molar-refractivity contribution in [3.05, 3.63) is 158 Å². The van der Waals surface area contributed by atoms with Gasteiger partial charge in [-0.05, 0) is 90.3 Å². The number of nitrogens with one attached hydrogen (secondary N) is 1. The third kappa shape index (κ3) is 4.11. The second-order valence-corrected chi connectivity index (χ2v) is 10.7. The molecule has 8 rings (SSSR count). The second-order valence-electron chi connectivity index (χ2n) is 10.7. The highest BCUT2D eigenvalue weighted by Crippen LogP contribution is 2.40. The van der Waals surface area contributed by atoms with E-state index in [1.165, 1.54) is 65.3 Å². The average Bonchev–Trinajstić information content (AvgIpc) is 3.05. The molecule has 0 amide bonds. The molecule has 0 fully saturated rings. The van der Waals surface area contributed by atoms with E-state index >= 15 is 0 Å². The maximum absolute atomic E-state index is 3.73. The summed E-state index contributed by atoms with van der Waals surface area (Å²) in [5.41, 5.74) is 7.18. The predicted molar refractivity (Wildman–Crippen MR) is 177 cm³/mol. The molecule has 0 radical (unpaired) electrons. The van der Waals surface area contributed by atoms with Crippen LogP contribution >= 0.6 is 0 Å². The molecule has 41 heavy (non-hydrogen) atoms. The van der Waals surface area contributed by atoms with Crippen LogP contribution < -0.4 is 5.32 Å². The van der Waals surface area contributed by atoms with Gasteiger partial charge in [-0.2, -0.15) is 0 Å². The summed E-state index contributed by atoms with van der Waals surface area (Å²) in [4.78, 5) is 0. The van der Waals surface area contributed by atoms with Crippen molar-refractivity contribution in [2.75, 3.05) is 5.32 Å². The summed E-state index contributed by atoms with van der Waals surface area (Å²) >= 11 is 0. The number of hydrogen-bond donors (Lipinski definition) is 1. The minimum atomic E-state index is 1.08. The maximum atomic E-state index is 3.73. The number of anilines is 2. The second kappa shape index (κ2) is 9.66. The van der Waals surface area contributed by atoms with Crippen LogP contribution in [0.3, 0.4) is 0 Å². The lowest BCUT2D eigenvalue weighted by Gasteiger charge is -2.16. The molecule has 0 aliphatic carbocycles. The van der Waals surface area contributed by atoms with Gasteiger partial charge in [0.2, 0.25) is 0 Å². The van der Waals surface area contributed by atoms with Crippen LogP contribution in [0.5, 0.6) is 0 Å². The number of hydrogen-bond acceptors (Lipinski definition) is 1. The summed E-state index contributed by atoms with van der Waals surface area (Å²) in [5, 5.41) is 13.8. The van der Waals surface area contributed by atoms with Crippen LogP contribution in [0.4, 0.5) is 11.4 Å². The first kappa shape index (κ1) is 23.5. The van der Waals surface area contributed by atoms with Gasteiger partial charge in [-0.3, -0.25) is 0 Å². The zero-order valence-corrected chi connectivity index (χ0v) is 22.5. The molecule has 0 atom stereocenters. The Morgan fingerprint density at radius 2 is 0.951 bits per heavy atom. The minimum Gasteiger partial charge on any atom is -0.355 e. The zero-order chi connectivity index (χ0) is 27.2. The van der Waals surface area contributed by atoms with Crippen LogP contribution in [0, 0.1) is 0 Å². The predicted octanol–water partition coefficient (Wildman–Crippen LogP) is 11.4. The Morgan fingerprint density at radius 3 is 1.78 bits per heavy atom. The highest BCUT2D eigenvalue weighted by molar-refractivity contribution is 6.17. The summed E-state index contributed by atoms with van der Waals surface area (Å²) in [6.07, 6.45) is 0. The largest absolute Gasteiger partial charge is 0.355 e. The number of rotatable bonds is 4. The quantitative estimate of drug-likeness (QED) is 0.227. The Hall–Kier alpha value is -5.40. The SMILES string of the molecule is c1ccc(-c2ccc3cc(Nc4ccc(-c5cc6ccccc6c6ccccc56)c5ccccc45)ccc3c2)cc1. The molecule has 1 N–H and O–H groups in total. The molecule has 8 aromatic carbocycles. The van der Waals surface area contributed by atoms with Crippen LogP contribution in [-0.4, -0.2) is 0 Å². The Balaban J connectivity index is 1.22. The molecule has 0 saturated carbocycles. The molecule has 0 heterocycles. The fourth-order valence-corrected chi connectivity index (χ4v) is 6.21. The zero-order valence-electron chi connectivity index (χ0n) is 22.5. The van der Waals surface area contributed by atoms with Gasteiger partial charge >= 0.3 is 0 Å². The van der Waals surface area contributed by atoms with Gasteiger partial charge in [0.25, 0.3) is 0 Å². The molecule has 1 nitrogen and oxygen atoms in total. The van der Waals surface area contributed by atoms with E-state index in [-0.39, 0.29) is 0 Å². The fourth-order valence-electron chi connectivity index (χ4n) is 6.21. The third-order valence-corrected chi connectivity index (χ3v) is 8.21. The van der Waals surface area contributed by atoms with Crippen molar-refractivity contribution in [2.24, 2.45) is 0 Å². The van der Waals surface area contributed by atoms with Gasteiger partial charge in [0.15, 0.2) is 0 Å². The van der Waals surface area contributed by atoms with E-state index in [4.69, 9.17) is 0 Å². The first-order valence-corrected chi connectivity index (χ1v) is 14.1. The third-order valence-electron chi connectivity index (χ3n) is 8.21. The Morgan fingerprint density at radius 1 is 0.317 bits per heavy atom. The van der Waals surface area contributed by atoms with Crippen molar-refractivity contribution < 1.29 is 0 Å². The van der Waals surface area contributed by atoms with Crippen molar-refractivity contribution in [3.63, 3.8) is 0 Å². The fraction of sp³-hybridized carbons (Fsp3) is 0. The van der Waals surface area contributed by atoms with E-state index in [0.29, 0.717) is 0 Å². The molecule has 0 aliphatic rings. The van der Waals surface area contributed by atoms with Crippen molar-refractivity contribution in [3.8, 4) is 22.3 Å². The molecule has 0 aliphatic heterocycles. The van der Waals surface area contributed by atoms with Crippen molar-refractivity contribution >= 4 is 54.5 Å². The summed E-state index contributed by atoms with van der Waals surface area (Å²) in [5.74, 6) is 0. The van der Waals surface area contributed by atoms with E-state index in [2.05, 4.69) is 163 Å². The molecular weight excluding hydrogens is 494 g/mol. The van der Waals surface area contributed by atoms with Gasteiger partial charge in [-0.15, -0.1) is 0 Å². The molecule has 1 heteroatoms. The summed E-state index contributed by atoms with van der Waals surface area (Å²) in [6, 6.07) is 56.9. The van der Waals surface area contributed by atoms with E-state index in [1.54, 1.807) is 0 Å². The molecule has 0 spiro atoms. The van der Waals surface area contributed by atoms with Crippen molar-refractivity contribution in [1.82, 2.24) is 0 Å². The molecule has 0 saturated heterocycles. The van der Waals surface area contributed by atoms with Gasteiger partial charge in [-0.1, -0.05) is 127 Å². The van der Waals surface area contributed by atoms with Crippen LogP contribution in [0.2, 0.25) is 0 Å². The Bertz CT molecular complexity index is 2230. The molecule has 0 bridgehead atoms. The van der Waals surface area contributed by atoms with Gasteiger partial charge in [0.05, 0.1) is 0 Å². The first-order chi connectivity index (χ1) is 20.3. The van der Waals surface area contributed by atoms with Crippen molar-refractivity contribution in [1.29, 1.82) is 0 Å². The smallest absolute Gasteiger partial charge is 0.0464 e. The van der Waals surface area contributed by atoms with Gasteiger partial charge in [-0.25, -0.2) is 0 Å². The van der Waals surface area contributed by atoms with Crippen LogP contribution in [0.25, 0.3) is 65.3 Å². The molecule has 0 aromatic heterocycles. The average molecular weight is 522 g/mol. The van der Waals surface area contributed by atoms with Crippen molar-refractivity contribution in [2.45, 2.75) is 0 Å². The molecule has 8 aromatic rings. The van der Waals surface area contributed by atoms with Crippen LogP contribution in [-0.2, 0) is 0 Å². The monoisotopic (exact) mass is 521 g/mol. The highest BCUT2D eigenvalue weighted by atomic mass is 14.9. The van der Waals surface area contributed by atoms with E-state index in [9.17, 15) is 0 Å². The summed E-state index contributed by atoms with van der Waals surface area (Å²) < 4.78 is 0. The lowest BCUT2D eigenvalue weighted by molar-refractivity contribution is 1.59. The topological polar surface area (TPSA) is 12.0 Å². The summed E-state index contributed by atoms with van der Waals surface area (Å²) in [6.45, 7) is 0. The normalized spacial score (nSPS) is 11.4. The standard InChI is InChI=1S/C40H27N/c1-2-10-27(11-3-1)28-18-19-30-25-32(21-20-29(30)24-28)41-40-23-22-37(35-15-8-9-17-38(35)40)39-26-31-12-4-5-13-33(31)34-14-6-7-16-36(34)39/h1-26,41H. The number of fused-ring (bicyclic) bond motifs is 5. The van der Waals surface area contributed by atoms with Crippen LogP contribution in [0.15, 0.2) is 158 Å². The minimum absolute atomic E-state index is 1.08. The van der Waals surface area contributed by atoms with E-state index in [1.807, 2.05) is 0 Å². The molecule has 192 valence electrons. The van der Waals surface area contributed by atoms with E-state index in [0.717, 1.165) is 11.4 Å².